The van der Waals surface area contributed by atoms with Crippen LogP contribution in [-0.2, 0) is 4.79 Å². The lowest BCUT2D eigenvalue weighted by atomic mass is 9.93. The molecular weight excluding hydrogens is 268 g/mol. The predicted octanol–water partition coefficient (Wildman–Crippen LogP) is 2.71. The number of carboxylic acids is 1. The molecule has 1 aliphatic carbocycles. The second-order valence-corrected chi connectivity index (χ2v) is 6.69. The largest absolute Gasteiger partial charge is 0.481 e. The van der Waals surface area contributed by atoms with Crippen LogP contribution in [0.5, 0.6) is 0 Å². The van der Waals surface area contributed by atoms with Crippen LogP contribution in [-0.4, -0.2) is 41.1 Å². The van der Waals surface area contributed by atoms with E-state index in [1.54, 1.807) is 0 Å². The minimum atomic E-state index is -0.747. The Labute approximate surface area is 127 Å². The van der Waals surface area contributed by atoms with Crippen molar-refractivity contribution in [1.82, 2.24) is 10.2 Å². The Morgan fingerprint density at radius 3 is 2.67 bits per heavy atom. The fraction of sp³-hybridized carbons (Fsp3) is 0.875. The minimum Gasteiger partial charge on any atom is -0.481 e. The van der Waals surface area contributed by atoms with Crippen LogP contribution in [0.1, 0.15) is 52.4 Å². The van der Waals surface area contributed by atoms with Crippen molar-refractivity contribution < 1.29 is 14.7 Å². The maximum absolute atomic E-state index is 12.3. The maximum Gasteiger partial charge on any atom is 0.317 e. The van der Waals surface area contributed by atoms with Gasteiger partial charge in [0.15, 0.2) is 0 Å². The van der Waals surface area contributed by atoms with Crippen molar-refractivity contribution in [2.45, 2.75) is 58.4 Å². The summed E-state index contributed by atoms with van der Waals surface area (Å²) in [6.07, 6.45) is 5.30. The standard InChI is InChI=1S/C16H28N2O3/c1-3-13-5-6-14(11(13)2)17-16(21)18-9-8-12(10-18)4-7-15(19)20/h11-14H,3-10H2,1-2H3,(H,17,21)(H,19,20). The molecule has 0 aromatic rings. The third kappa shape index (κ3) is 4.11. The van der Waals surface area contributed by atoms with Crippen molar-refractivity contribution in [3.63, 3.8) is 0 Å². The molecule has 4 atom stereocenters. The topological polar surface area (TPSA) is 69.6 Å². The van der Waals surface area contributed by atoms with Crippen LogP contribution < -0.4 is 5.32 Å². The summed E-state index contributed by atoms with van der Waals surface area (Å²) in [6.45, 7) is 5.93. The van der Waals surface area contributed by atoms with Crippen LogP contribution in [0.15, 0.2) is 0 Å². The zero-order valence-corrected chi connectivity index (χ0v) is 13.2. The fourth-order valence-corrected chi connectivity index (χ4v) is 3.86. The predicted molar refractivity (Wildman–Crippen MR) is 81.0 cm³/mol. The number of rotatable bonds is 5. The van der Waals surface area contributed by atoms with Crippen LogP contribution in [0.25, 0.3) is 0 Å². The summed E-state index contributed by atoms with van der Waals surface area (Å²) in [5, 5.41) is 11.9. The molecule has 120 valence electrons. The van der Waals surface area contributed by atoms with Crippen molar-refractivity contribution in [3.05, 3.63) is 0 Å². The van der Waals surface area contributed by atoms with Crippen molar-refractivity contribution in [3.8, 4) is 0 Å². The van der Waals surface area contributed by atoms with E-state index in [1.165, 1.54) is 12.8 Å². The quantitative estimate of drug-likeness (QED) is 0.819. The van der Waals surface area contributed by atoms with Crippen LogP contribution in [0.3, 0.4) is 0 Å². The molecule has 5 nitrogen and oxygen atoms in total. The van der Waals surface area contributed by atoms with Gasteiger partial charge in [-0.3, -0.25) is 4.79 Å². The Hall–Kier alpha value is -1.26. The normalized spacial score (nSPS) is 32.4. The number of nitrogens with zero attached hydrogens (tertiary/aromatic N) is 1. The first-order valence-electron chi connectivity index (χ1n) is 8.28. The van der Waals surface area contributed by atoms with E-state index in [1.807, 2.05) is 4.90 Å². The highest BCUT2D eigenvalue weighted by molar-refractivity contribution is 5.75. The number of carbonyl (C=O) groups is 2. The SMILES string of the molecule is CCC1CCC(NC(=O)N2CCC(CCC(=O)O)C2)C1C. The highest BCUT2D eigenvalue weighted by Crippen LogP contribution is 2.34. The summed E-state index contributed by atoms with van der Waals surface area (Å²) in [6, 6.07) is 0.349. The first-order chi connectivity index (χ1) is 10.0. The van der Waals surface area contributed by atoms with Crippen molar-refractivity contribution >= 4 is 12.0 Å². The van der Waals surface area contributed by atoms with Crippen LogP contribution in [0.2, 0.25) is 0 Å². The van der Waals surface area contributed by atoms with E-state index in [0.29, 0.717) is 30.8 Å². The summed E-state index contributed by atoms with van der Waals surface area (Å²) < 4.78 is 0. The van der Waals surface area contributed by atoms with E-state index in [4.69, 9.17) is 5.11 Å². The van der Waals surface area contributed by atoms with Gasteiger partial charge in [-0.2, -0.15) is 0 Å². The molecule has 1 saturated heterocycles. The van der Waals surface area contributed by atoms with E-state index in [0.717, 1.165) is 25.3 Å². The van der Waals surface area contributed by atoms with E-state index in [2.05, 4.69) is 19.2 Å². The van der Waals surface area contributed by atoms with Gasteiger partial charge in [-0.15, -0.1) is 0 Å². The number of amides is 2. The number of urea groups is 1. The van der Waals surface area contributed by atoms with Crippen LogP contribution in [0, 0.1) is 17.8 Å². The molecule has 1 aliphatic heterocycles. The maximum atomic E-state index is 12.3. The number of carbonyl (C=O) groups excluding carboxylic acids is 1. The zero-order chi connectivity index (χ0) is 15.4. The Bertz CT molecular complexity index is 386. The van der Waals surface area contributed by atoms with Gasteiger partial charge in [0.05, 0.1) is 0 Å². The number of nitrogens with one attached hydrogen (secondary N) is 1. The molecule has 2 N–H and O–H groups in total. The Morgan fingerprint density at radius 1 is 1.29 bits per heavy atom. The average Bonchev–Trinajstić information content (AvgIpc) is 3.04. The van der Waals surface area contributed by atoms with Crippen molar-refractivity contribution in [2.24, 2.45) is 17.8 Å². The molecule has 5 heteroatoms. The Kier molecular flexibility index (Phi) is 5.48. The minimum absolute atomic E-state index is 0.0430. The number of hydrogen-bond acceptors (Lipinski definition) is 2. The second kappa shape index (κ2) is 7.14. The number of hydrogen-bond donors (Lipinski definition) is 2. The van der Waals surface area contributed by atoms with E-state index in [9.17, 15) is 9.59 Å². The molecule has 2 fully saturated rings. The summed E-state index contributed by atoms with van der Waals surface area (Å²) in [7, 11) is 0. The third-order valence-corrected chi connectivity index (χ3v) is 5.40. The van der Waals surface area contributed by atoms with Gasteiger partial charge >= 0.3 is 12.0 Å². The summed E-state index contributed by atoms with van der Waals surface area (Å²) in [5.74, 6) is 0.890. The average molecular weight is 296 g/mol. The van der Waals surface area contributed by atoms with Crippen molar-refractivity contribution in [2.75, 3.05) is 13.1 Å². The Morgan fingerprint density at radius 2 is 2.05 bits per heavy atom. The molecule has 2 aliphatic rings. The molecular formula is C16H28N2O3. The summed E-state index contributed by atoms with van der Waals surface area (Å²) in [4.78, 5) is 24.8. The van der Waals surface area contributed by atoms with Gasteiger partial charge in [0, 0.05) is 25.6 Å². The monoisotopic (exact) mass is 296 g/mol. The van der Waals surface area contributed by atoms with Gasteiger partial charge in [0.25, 0.3) is 0 Å². The molecule has 0 radical (unpaired) electrons. The van der Waals surface area contributed by atoms with Crippen LogP contribution >= 0.6 is 0 Å². The number of likely N-dealkylation sites (tertiary alicyclic amines) is 1. The van der Waals surface area contributed by atoms with Gasteiger partial charge in [0.1, 0.15) is 0 Å². The molecule has 0 aromatic heterocycles. The summed E-state index contributed by atoms with van der Waals surface area (Å²) in [5.41, 5.74) is 0. The fourth-order valence-electron chi connectivity index (χ4n) is 3.86. The molecule has 1 heterocycles. The third-order valence-electron chi connectivity index (χ3n) is 5.40. The second-order valence-electron chi connectivity index (χ2n) is 6.69. The van der Waals surface area contributed by atoms with E-state index in [-0.39, 0.29) is 12.5 Å². The van der Waals surface area contributed by atoms with Gasteiger partial charge in [-0.05, 0) is 43.4 Å². The molecule has 21 heavy (non-hydrogen) atoms. The number of carboxylic acid groups (broad SMARTS) is 1. The molecule has 0 aromatic carbocycles. The molecule has 2 rings (SSSR count). The molecule has 4 unspecified atom stereocenters. The zero-order valence-electron chi connectivity index (χ0n) is 13.2. The lowest BCUT2D eigenvalue weighted by Crippen LogP contribution is -2.45. The highest BCUT2D eigenvalue weighted by atomic mass is 16.4. The lowest BCUT2D eigenvalue weighted by Gasteiger charge is -2.24. The summed E-state index contributed by atoms with van der Waals surface area (Å²) >= 11 is 0. The molecule has 2 amide bonds. The van der Waals surface area contributed by atoms with Gasteiger partial charge in [0.2, 0.25) is 0 Å². The molecule has 0 spiro atoms. The van der Waals surface area contributed by atoms with Crippen LogP contribution in [0.4, 0.5) is 4.79 Å². The first kappa shape index (κ1) is 16.1. The van der Waals surface area contributed by atoms with Gasteiger partial charge in [-0.1, -0.05) is 20.3 Å². The lowest BCUT2D eigenvalue weighted by molar-refractivity contribution is -0.137. The first-order valence-corrected chi connectivity index (χ1v) is 8.28. The smallest absolute Gasteiger partial charge is 0.317 e. The van der Waals surface area contributed by atoms with Gasteiger partial charge in [-0.25, -0.2) is 4.79 Å². The van der Waals surface area contributed by atoms with Gasteiger partial charge < -0.3 is 15.3 Å². The highest BCUT2D eigenvalue weighted by Gasteiger charge is 2.34. The van der Waals surface area contributed by atoms with Crippen molar-refractivity contribution in [1.29, 1.82) is 0 Å². The van der Waals surface area contributed by atoms with E-state index < -0.39 is 5.97 Å². The van der Waals surface area contributed by atoms with E-state index >= 15 is 0 Å². The molecule has 0 bridgehead atoms. The molecule has 1 saturated carbocycles. The number of aliphatic carboxylic acids is 1. The Balaban J connectivity index is 1.76.